The molecule has 3 rings (SSSR count). The Morgan fingerprint density at radius 1 is 1.35 bits per heavy atom. The molecule has 0 aliphatic heterocycles. The molecule has 5 heteroatoms. The number of nitrogens with zero attached hydrogens (tertiary/aromatic N) is 2. The number of aryl methyl sites for hydroxylation is 1. The molecule has 0 saturated carbocycles. The van der Waals surface area contributed by atoms with E-state index >= 15 is 0 Å². The Morgan fingerprint density at radius 2 is 2.13 bits per heavy atom. The molecule has 0 aliphatic rings. The van der Waals surface area contributed by atoms with Gasteiger partial charge >= 0.3 is 0 Å². The van der Waals surface area contributed by atoms with Crippen molar-refractivity contribution in [3.8, 4) is 0 Å². The molecular formula is C18H15FN2OS. The zero-order valence-corrected chi connectivity index (χ0v) is 13.4. The van der Waals surface area contributed by atoms with E-state index in [0.717, 1.165) is 15.8 Å². The minimum Gasteiger partial charge on any atom is -0.312 e. The van der Waals surface area contributed by atoms with Gasteiger partial charge in [0.2, 0.25) is 0 Å². The first-order valence-corrected chi connectivity index (χ1v) is 7.96. The molecule has 1 amide bonds. The van der Waals surface area contributed by atoms with Crippen LogP contribution in [0.3, 0.4) is 0 Å². The van der Waals surface area contributed by atoms with Gasteiger partial charge < -0.3 is 4.57 Å². The minimum atomic E-state index is -0.304. The van der Waals surface area contributed by atoms with Crippen molar-refractivity contribution in [2.24, 2.45) is 4.99 Å². The molecule has 116 valence electrons. The van der Waals surface area contributed by atoms with Crippen molar-refractivity contribution in [3.63, 3.8) is 0 Å². The highest BCUT2D eigenvalue weighted by Crippen LogP contribution is 2.19. The van der Waals surface area contributed by atoms with Crippen molar-refractivity contribution in [2.45, 2.75) is 13.5 Å². The molecule has 0 aliphatic carbocycles. The van der Waals surface area contributed by atoms with Crippen LogP contribution in [0.2, 0.25) is 0 Å². The van der Waals surface area contributed by atoms with Gasteiger partial charge in [0.15, 0.2) is 4.80 Å². The van der Waals surface area contributed by atoms with E-state index in [-0.39, 0.29) is 11.7 Å². The molecule has 1 heterocycles. The lowest BCUT2D eigenvalue weighted by Gasteiger charge is -2.02. The van der Waals surface area contributed by atoms with E-state index in [1.165, 1.54) is 23.5 Å². The van der Waals surface area contributed by atoms with Gasteiger partial charge in [-0.15, -0.1) is 6.58 Å². The van der Waals surface area contributed by atoms with Crippen molar-refractivity contribution >= 4 is 27.5 Å². The maximum absolute atomic E-state index is 13.4. The van der Waals surface area contributed by atoms with Crippen LogP contribution < -0.4 is 4.80 Å². The molecule has 0 unspecified atom stereocenters. The number of hydrogen-bond donors (Lipinski definition) is 0. The van der Waals surface area contributed by atoms with Crippen molar-refractivity contribution in [2.75, 3.05) is 0 Å². The van der Waals surface area contributed by atoms with Gasteiger partial charge in [0.25, 0.3) is 5.91 Å². The smallest absolute Gasteiger partial charge is 0.279 e. The third-order valence-corrected chi connectivity index (χ3v) is 4.57. The highest BCUT2D eigenvalue weighted by molar-refractivity contribution is 7.16. The number of amides is 1. The second-order valence-electron chi connectivity index (χ2n) is 5.13. The number of carbonyl (C=O) groups excluding carboxylic acids is 1. The molecule has 0 saturated heterocycles. The van der Waals surface area contributed by atoms with E-state index in [4.69, 9.17) is 0 Å². The lowest BCUT2D eigenvalue weighted by molar-refractivity contribution is 0.0997. The Bertz CT molecular complexity index is 969. The number of benzene rings is 2. The third-order valence-electron chi connectivity index (χ3n) is 3.53. The summed E-state index contributed by atoms with van der Waals surface area (Å²) in [6.45, 7) is 6.12. The largest absolute Gasteiger partial charge is 0.312 e. The maximum Gasteiger partial charge on any atom is 0.279 e. The van der Waals surface area contributed by atoms with Crippen LogP contribution in [0.1, 0.15) is 15.9 Å². The molecule has 2 aromatic carbocycles. The van der Waals surface area contributed by atoms with E-state index < -0.39 is 0 Å². The number of allylic oxidation sites excluding steroid dienone is 1. The topological polar surface area (TPSA) is 34.4 Å². The molecule has 0 atom stereocenters. The summed E-state index contributed by atoms with van der Waals surface area (Å²) in [5.41, 5.74) is 2.29. The number of carbonyl (C=O) groups is 1. The predicted molar refractivity (Wildman–Crippen MR) is 91.0 cm³/mol. The van der Waals surface area contributed by atoms with Gasteiger partial charge in [-0.05, 0) is 36.8 Å². The first kappa shape index (κ1) is 15.4. The summed E-state index contributed by atoms with van der Waals surface area (Å²) >= 11 is 1.29. The average molecular weight is 326 g/mol. The lowest BCUT2D eigenvalue weighted by atomic mass is 10.1. The molecule has 3 nitrogen and oxygen atoms in total. The lowest BCUT2D eigenvalue weighted by Crippen LogP contribution is -2.16. The summed E-state index contributed by atoms with van der Waals surface area (Å²) in [6, 6.07) is 11.9. The Morgan fingerprint density at radius 3 is 2.87 bits per heavy atom. The van der Waals surface area contributed by atoms with Crippen LogP contribution in [0.5, 0.6) is 0 Å². The van der Waals surface area contributed by atoms with Crippen LogP contribution in [0, 0.1) is 12.7 Å². The molecule has 23 heavy (non-hydrogen) atoms. The fourth-order valence-electron chi connectivity index (χ4n) is 2.40. The van der Waals surface area contributed by atoms with E-state index in [1.807, 2.05) is 29.7 Å². The molecule has 0 bridgehead atoms. The van der Waals surface area contributed by atoms with Crippen molar-refractivity contribution in [1.29, 1.82) is 0 Å². The first-order valence-electron chi connectivity index (χ1n) is 7.14. The first-order chi connectivity index (χ1) is 11.1. The van der Waals surface area contributed by atoms with Crippen LogP contribution >= 0.6 is 11.3 Å². The summed E-state index contributed by atoms with van der Waals surface area (Å²) in [5.74, 6) is -0.603. The fraction of sp³-hybridized carbons (Fsp3) is 0.111. The van der Waals surface area contributed by atoms with Crippen LogP contribution in [0.15, 0.2) is 60.1 Å². The summed E-state index contributed by atoms with van der Waals surface area (Å²) in [4.78, 5) is 17.3. The number of aromatic nitrogens is 1. The Hall–Kier alpha value is -2.53. The Kier molecular flexibility index (Phi) is 4.21. The quantitative estimate of drug-likeness (QED) is 0.668. The Balaban J connectivity index is 2.18. The van der Waals surface area contributed by atoms with E-state index in [2.05, 4.69) is 11.6 Å². The van der Waals surface area contributed by atoms with Crippen molar-refractivity contribution in [3.05, 3.63) is 76.9 Å². The summed E-state index contributed by atoms with van der Waals surface area (Å²) < 4.78 is 16.0. The molecular weight excluding hydrogens is 311 g/mol. The molecule has 0 spiro atoms. The number of fused-ring (bicyclic) bond motifs is 1. The highest BCUT2D eigenvalue weighted by atomic mass is 32.1. The molecule has 0 N–H and O–H groups in total. The minimum absolute atomic E-state index is 0.298. The second-order valence-corrected chi connectivity index (χ2v) is 6.14. The van der Waals surface area contributed by atoms with E-state index in [1.54, 1.807) is 18.2 Å². The zero-order chi connectivity index (χ0) is 16.4. The monoisotopic (exact) mass is 326 g/mol. The van der Waals surface area contributed by atoms with Gasteiger partial charge in [0.1, 0.15) is 5.82 Å². The highest BCUT2D eigenvalue weighted by Gasteiger charge is 2.10. The van der Waals surface area contributed by atoms with Gasteiger partial charge in [-0.1, -0.05) is 35.6 Å². The summed E-state index contributed by atoms with van der Waals surface area (Å²) in [7, 11) is 0. The number of halogens is 1. The van der Waals surface area contributed by atoms with E-state index in [0.29, 0.717) is 16.9 Å². The van der Waals surface area contributed by atoms with Crippen LogP contribution in [0.4, 0.5) is 4.39 Å². The molecule has 3 aromatic rings. The van der Waals surface area contributed by atoms with Gasteiger partial charge in [-0.25, -0.2) is 4.39 Å². The Labute approximate surface area is 137 Å². The van der Waals surface area contributed by atoms with Gasteiger partial charge in [0.05, 0.1) is 10.2 Å². The van der Waals surface area contributed by atoms with Gasteiger partial charge in [0, 0.05) is 12.1 Å². The fourth-order valence-corrected chi connectivity index (χ4v) is 3.46. The molecule has 0 fully saturated rings. The number of rotatable bonds is 3. The molecule has 0 radical (unpaired) electrons. The maximum atomic E-state index is 13.4. The summed E-state index contributed by atoms with van der Waals surface area (Å²) in [5, 5.41) is 0. The van der Waals surface area contributed by atoms with E-state index in [9.17, 15) is 9.18 Å². The molecule has 1 aromatic heterocycles. The zero-order valence-electron chi connectivity index (χ0n) is 12.6. The summed E-state index contributed by atoms with van der Waals surface area (Å²) in [6.07, 6.45) is 1.73. The number of thiazole rings is 1. The average Bonchev–Trinajstić information content (AvgIpc) is 2.84. The van der Waals surface area contributed by atoms with Crippen LogP contribution in [0.25, 0.3) is 10.2 Å². The van der Waals surface area contributed by atoms with Crippen molar-refractivity contribution in [1.82, 2.24) is 4.57 Å². The van der Waals surface area contributed by atoms with Gasteiger partial charge in [-0.3, -0.25) is 4.79 Å². The standard InChI is InChI=1S/C18H15FN2OS/c1-3-10-21-15-9-8-13(19)11-16(15)23-18(21)20-17(22)14-7-5-4-6-12(14)2/h3-9,11H,1,10H2,2H3. The van der Waals surface area contributed by atoms with Crippen LogP contribution in [-0.2, 0) is 6.54 Å². The van der Waals surface area contributed by atoms with Crippen LogP contribution in [-0.4, -0.2) is 10.5 Å². The normalized spacial score (nSPS) is 11.8. The van der Waals surface area contributed by atoms with Gasteiger partial charge in [-0.2, -0.15) is 4.99 Å². The van der Waals surface area contributed by atoms with Crippen molar-refractivity contribution < 1.29 is 9.18 Å². The third kappa shape index (κ3) is 3.00. The second kappa shape index (κ2) is 6.30. The predicted octanol–water partition coefficient (Wildman–Crippen LogP) is 4.08. The SMILES string of the molecule is C=CCn1c(=NC(=O)c2ccccc2C)sc2cc(F)ccc21. The number of hydrogen-bond acceptors (Lipinski definition) is 2.